The van der Waals surface area contributed by atoms with Crippen LogP contribution in [0.1, 0.15) is 24.8 Å². The van der Waals surface area contributed by atoms with Gasteiger partial charge in [-0.3, -0.25) is 0 Å². The Balaban J connectivity index is 1.42. The molecule has 0 aromatic heterocycles. The maximum atomic E-state index is 5.25. The first-order valence-electron chi connectivity index (χ1n) is 7.53. The fraction of sp³-hybridized carbons (Fsp3) is 0.625. The molecule has 4 heteroatoms. The van der Waals surface area contributed by atoms with Crippen molar-refractivity contribution in [3.63, 3.8) is 0 Å². The van der Waals surface area contributed by atoms with Crippen LogP contribution in [0.4, 0.5) is 0 Å². The Morgan fingerprint density at radius 1 is 1.35 bits per heavy atom. The number of methoxy groups -OCH3 is 1. The molecule has 2 aliphatic rings. The van der Waals surface area contributed by atoms with E-state index in [4.69, 9.17) is 4.74 Å². The van der Waals surface area contributed by atoms with Crippen molar-refractivity contribution in [1.29, 1.82) is 0 Å². The zero-order valence-corrected chi connectivity index (χ0v) is 13.7. The van der Waals surface area contributed by atoms with Crippen molar-refractivity contribution in [2.75, 3.05) is 26.7 Å². The lowest BCUT2D eigenvalue weighted by atomic mass is 10.1. The summed E-state index contributed by atoms with van der Waals surface area (Å²) in [4.78, 5) is 2.68. The summed E-state index contributed by atoms with van der Waals surface area (Å²) < 4.78 is 6.28. The van der Waals surface area contributed by atoms with Crippen LogP contribution in [-0.2, 0) is 6.54 Å². The van der Waals surface area contributed by atoms with Crippen LogP contribution in [-0.4, -0.2) is 37.7 Å². The number of hydrogen-bond acceptors (Lipinski definition) is 3. The molecule has 1 aromatic carbocycles. The highest BCUT2D eigenvalue weighted by molar-refractivity contribution is 9.10. The molecule has 1 unspecified atom stereocenters. The standard InChI is InChI=1S/C16H23BrN2O/c1-20-16-5-2-12(8-15(16)17)9-18-10-13-6-7-19(11-13)14-3-4-14/h2,5,8,13-14,18H,3-4,6-7,9-11H2,1H3. The second-order valence-corrected chi connectivity index (χ2v) is 6.83. The number of ether oxygens (including phenoxy) is 1. The molecule has 20 heavy (non-hydrogen) atoms. The van der Waals surface area contributed by atoms with E-state index in [2.05, 4.69) is 38.3 Å². The highest BCUT2D eigenvalue weighted by Gasteiger charge is 2.33. The van der Waals surface area contributed by atoms with E-state index in [1.54, 1.807) is 7.11 Å². The van der Waals surface area contributed by atoms with Gasteiger partial charge in [-0.05, 0) is 71.9 Å². The number of rotatable bonds is 6. The van der Waals surface area contributed by atoms with Crippen molar-refractivity contribution < 1.29 is 4.74 Å². The Bertz CT molecular complexity index is 462. The number of nitrogens with one attached hydrogen (secondary N) is 1. The summed E-state index contributed by atoms with van der Waals surface area (Å²) in [7, 11) is 1.70. The van der Waals surface area contributed by atoms with Crippen LogP contribution >= 0.6 is 15.9 Å². The Hall–Kier alpha value is -0.580. The van der Waals surface area contributed by atoms with Crippen molar-refractivity contribution in [3.8, 4) is 5.75 Å². The Morgan fingerprint density at radius 3 is 2.90 bits per heavy atom. The predicted octanol–water partition coefficient (Wildman–Crippen LogP) is 3.03. The van der Waals surface area contributed by atoms with Gasteiger partial charge >= 0.3 is 0 Å². The van der Waals surface area contributed by atoms with Crippen molar-refractivity contribution >= 4 is 15.9 Å². The molecule has 3 rings (SSSR count). The van der Waals surface area contributed by atoms with Crippen molar-refractivity contribution in [3.05, 3.63) is 28.2 Å². The Labute approximate surface area is 129 Å². The van der Waals surface area contributed by atoms with E-state index in [1.807, 2.05) is 6.07 Å². The zero-order valence-electron chi connectivity index (χ0n) is 12.1. The van der Waals surface area contributed by atoms with Crippen LogP contribution in [0.5, 0.6) is 5.75 Å². The Morgan fingerprint density at radius 2 is 2.20 bits per heavy atom. The lowest BCUT2D eigenvalue weighted by molar-refractivity contribution is 0.312. The minimum Gasteiger partial charge on any atom is -0.496 e. The monoisotopic (exact) mass is 338 g/mol. The third-order valence-corrected chi connectivity index (χ3v) is 4.98. The van der Waals surface area contributed by atoms with Gasteiger partial charge in [-0.15, -0.1) is 0 Å². The highest BCUT2D eigenvalue weighted by atomic mass is 79.9. The van der Waals surface area contributed by atoms with E-state index < -0.39 is 0 Å². The lowest BCUT2D eigenvalue weighted by Crippen LogP contribution is -2.27. The average molecular weight is 339 g/mol. The SMILES string of the molecule is COc1ccc(CNCC2CCN(C3CC3)C2)cc1Br. The minimum absolute atomic E-state index is 0.831. The molecule has 1 aliphatic heterocycles. The van der Waals surface area contributed by atoms with Crippen LogP contribution in [0, 0.1) is 5.92 Å². The predicted molar refractivity (Wildman–Crippen MR) is 85.1 cm³/mol. The first kappa shape index (κ1) is 14.4. The quantitative estimate of drug-likeness (QED) is 0.862. The molecule has 110 valence electrons. The van der Waals surface area contributed by atoms with Gasteiger partial charge in [-0.25, -0.2) is 0 Å². The zero-order chi connectivity index (χ0) is 13.9. The van der Waals surface area contributed by atoms with Gasteiger partial charge < -0.3 is 15.0 Å². The maximum Gasteiger partial charge on any atom is 0.133 e. The fourth-order valence-electron chi connectivity index (χ4n) is 3.04. The molecular formula is C16H23BrN2O. The molecule has 0 bridgehead atoms. The van der Waals surface area contributed by atoms with Gasteiger partial charge in [0.1, 0.15) is 5.75 Å². The number of halogens is 1. The molecule has 1 aromatic rings. The van der Waals surface area contributed by atoms with Crippen LogP contribution in [0.3, 0.4) is 0 Å². The second-order valence-electron chi connectivity index (χ2n) is 5.98. The van der Waals surface area contributed by atoms with E-state index in [1.165, 1.54) is 37.9 Å². The van der Waals surface area contributed by atoms with Gasteiger partial charge in [-0.1, -0.05) is 6.07 Å². The summed E-state index contributed by atoms with van der Waals surface area (Å²) in [6.45, 7) is 4.67. The number of likely N-dealkylation sites (tertiary alicyclic amines) is 1. The molecule has 0 amide bonds. The number of benzene rings is 1. The summed E-state index contributed by atoms with van der Waals surface area (Å²) >= 11 is 3.54. The molecule has 1 atom stereocenters. The fourth-order valence-corrected chi connectivity index (χ4v) is 3.63. The van der Waals surface area contributed by atoms with E-state index in [0.29, 0.717) is 0 Å². The van der Waals surface area contributed by atoms with Crippen LogP contribution < -0.4 is 10.1 Å². The van der Waals surface area contributed by atoms with Gasteiger partial charge in [0, 0.05) is 19.1 Å². The van der Waals surface area contributed by atoms with Gasteiger partial charge in [0.15, 0.2) is 0 Å². The first-order chi connectivity index (χ1) is 9.76. The van der Waals surface area contributed by atoms with Crippen molar-refractivity contribution in [2.45, 2.75) is 31.8 Å². The van der Waals surface area contributed by atoms with E-state index in [9.17, 15) is 0 Å². The van der Waals surface area contributed by atoms with E-state index in [0.717, 1.165) is 35.3 Å². The Kier molecular flexibility index (Phi) is 4.64. The molecule has 0 radical (unpaired) electrons. The van der Waals surface area contributed by atoms with Gasteiger partial charge in [0.2, 0.25) is 0 Å². The van der Waals surface area contributed by atoms with Gasteiger partial charge in [0.25, 0.3) is 0 Å². The number of nitrogens with zero attached hydrogens (tertiary/aromatic N) is 1. The van der Waals surface area contributed by atoms with Crippen molar-refractivity contribution in [2.24, 2.45) is 5.92 Å². The summed E-state index contributed by atoms with van der Waals surface area (Å²) in [5.41, 5.74) is 1.30. The molecule has 1 saturated carbocycles. The second kappa shape index (κ2) is 6.46. The van der Waals surface area contributed by atoms with Gasteiger partial charge in [-0.2, -0.15) is 0 Å². The number of hydrogen-bond donors (Lipinski definition) is 1. The van der Waals surface area contributed by atoms with Crippen molar-refractivity contribution in [1.82, 2.24) is 10.2 Å². The van der Waals surface area contributed by atoms with Crippen LogP contribution in [0.2, 0.25) is 0 Å². The molecule has 1 aliphatic carbocycles. The largest absolute Gasteiger partial charge is 0.496 e. The summed E-state index contributed by atoms with van der Waals surface area (Å²) in [6, 6.07) is 7.21. The lowest BCUT2D eigenvalue weighted by Gasteiger charge is -2.15. The molecule has 2 fully saturated rings. The smallest absolute Gasteiger partial charge is 0.133 e. The maximum absolute atomic E-state index is 5.25. The summed E-state index contributed by atoms with van der Waals surface area (Å²) in [5, 5.41) is 3.60. The molecule has 1 N–H and O–H groups in total. The minimum atomic E-state index is 0.831. The van der Waals surface area contributed by atoms with Crippen LogP contribution in [0.15, 0.2) is 22.7 Å². The molecule has 1 heterocycles. The molecule has 1 saturated heterocycles. The molecule has 3 nitrogen and oxygen atoms in total. The normalized spacial score (nSPS) is 23.2. The van der Waals surface area contributed by atoms with Crippen LogP contribution in [0.25, 0.3) is 0 Å². The first-order valence-corrected chi connectivity index (χ1v) is 8.32. The molecule has 0 spiro atoms. The average Bonchev–Trinajstić information content (AvgIpc) is 3.19. The third kappa shape index (κ3) is 3.54. The van der Waals surface area contributed by atoms with E-state index in [-0.39, 0.29) is 0 Å². The highest BCUT2D eigenvalue weighted by Crippen LogP contribution is 2.31. The third-order valence-electron chi connectivity index (χ3n) is 4.36. The van der Waals surface area contributed by atoms with Gasteiger partial charge in [0.05, 0.1) is 11.6 Å². The topological polar surface area (TPSA) is 24.5 Å². The summed E-state index contributed by atoms with van der Waals surface area (Å²) in [5.74, 6) is 1.72. The van der Waals surface area contributed by atoms with E-state index >= 15 is 0 Å². The summed E-state index contributed by atoms with van der Waals surface area (Å²) in [6.07, 6.45) is 4.22. The molecular weight excluding hydrogens is 316 g/mol.